The predicted octanol–water partition coefficient (Wildman–Crippen LogP) is 8.66. The summed E-state index contributed by atoms with van der Waals surface area (Å²) in [6, 6.07) is 20.2. The summed E-state index contributed by atoms with van der Waals surface area (Å²) in [6.07, 6.45) is 4.13. The molecule has 0 amide bonds. The van der Waals surface area contributed by atoms with E-state index in [9.17, 15) is 0 Å². The van der Waals surface area contributed by atoms with Crippen molar-refractivity contribution in [3.05, 3.63) is 88.6 Å². The summed E-state index contributed by atoms with van der Waals surface area (Å²) in [4.78, 5) is 4.77. The minimum atomic E-state index is 0.0491. The van der Waals surface area contributed by atoms with Gasteiger partial charge in [0.25, 0.3) is 0 Å². The molecule has 0 N–H and O–H groups in total. The molecule has 0 fully saturated rings. The van der Waals surface area contributed by atoms with Gasteiger partial charge in [-0.05, 0) is 90.8 Å². The molecule has 3 aromatic carbocycles. The maximum Gasteiger partial charge on any atom is 0.145 e. The lowest BCUT2D eigenvalue weighted by Gasteiger charge is -2.29. The van der Waals surface area contributed by atoms with Gasteiger partial charge in [-0.15, -0.1) is 0 Å². The van der Waals surface area contributed by atoms with E-state index in [2.05, 4.69) is 89.2 Å². The average molecular weight is 432 g/mol. The van der Waals surface area contributed by atoms with E-state index in [-0.39, 0.29) is 5.41 Å². The summed E-state index contributed by atoms with van der Waals surface area (Å²) < 4.78 is 6.66. The predicted molar refractivity (Wildman–Crippen MR) is 138 cm³/mol. The Bertz CT molecular complexity index is 1570. The van der Waals surface area contributed by atoms with Crippen molar-refractivity contribution in [2.45, 2.75) is 52.9 Å². The van der Waals surface area contributed by atoms with Crippen LogP contribution in [-0.4, -0.2) is 4.98 Å². The third-order valence-corrected chi connectivity index (χ3v) is 8.07. The molecule has 0 unspecified atom stereocenters. The van der Waals surface area contributed by atoms with Gasteiger partial charge in [0.05, 0.1) is 5.69 Å². The summed E-state index contributed by atoms with van der Waals surface area (Å²) in [5.74, 6) is 0. The fourth-order valence-electron chi connectivity index (χ4n) is 5.97. The summed E-state index contributed by atoms with van der Waals surface area (Å²) in [6.45, 7) is 11.0. The highest BCUT2D eigenvalue weighted by molar-refractivity contribution is 6.11. The number of fused-ring (bicyclic) bond motifs is 6. The van der Waals surface area contributed by atoms with E-state index in [4.69, 9.17) is 9.40 Å². The summed E-state index contributed by atoms with van der Waals surface area (Å²) >= 11 is 0. The number of furan rings is 1. The van der Waals surface area contributed by atoms with Gasteiger partial charge in [-0.1, -0.05) is 50.2 Å². The fraction of sp³-hybridized carbons (Fsp3) is 0.258. The van der Waals surface area contributed by atoms with Crippen LogP contribution in [0.25, 0.3) is 44.3 Å². The van der Waals surface area contributed by atoms with Gasteiger partial charge in [0, 0.05) is 27.9 Å². The molecule has 0 spiro atoms. The number of aryl methyl sites for hydroxylation is 3. The minimum Gasteiger partial charge on any atom is -0.455 e. The van der Waals surface area contributed by atoms with Crippen LogP contribution in [0.15, 0.2) is 65.2 Å². The van der Waals surface area contributed by atoms with Crippen LogP contribution in [0.1, 0.15) is 54.5 Å². The van der Waals surface area contributed by atoms with E-state index >= 15 is 0 Å². The molecule has 0 saturated heterocycles. The van der Waals surface area contributed by atoms with Crippen LogP contribution in [0.5, 0.6) is 0 Å². The van der Waals surface area contributed by atoms with Gasteiger partial charge < -0.3 is 4.42 Å². The van der Waals surface area contributed by atoms with Crippen LogP contribution < -0.4 is 0 Å². The molecule has 164 valence electrons. The number of rotatable bonds is 3. The van der Waals surface area contributed by atoms with Crippen LogP contribution in [0, 0.1) is 20.8 Å². The highest BCUT2D eigenvalue weighted by Gasteiger charge is 2.40. The normalized spacial score (nSPS) is 14.1. The van der Waals surface area contributed by atoms with Crippen molar-refractivity contribution >= 4 is 21.9 Å². The summed E-state index contributed by atoms with van der Waals surface area (Å²) in [5, 5.41) is 2.35. The highest BCUT2D eigenvalue weighted by atomic mass is 16.3. The molecular formula is C31H29NO. The first-order chi connectivity index (χ1) is 16.0. The largest absolute Gasteiger partial charge is 0.455 e. The monoisotopic (exact) mass is 431 g/mol. The SMILES string of the molecule is CCC1(CC)c2ccccc2-c2cc3c(cc21)oc1c(-c2cc(C)c(C)cn2)c(C)ccc13. The van der Waals surface area contributed by atoms with Gasteiger partial charge >= 0.3 is 0 Å². The van der Waals surface area contributed by atoms with Crippen molar-refractivity contribution in [3.8, 4) is 22.4 Å². The third-order valence-electron chi connectivity index (χ3n) is 8.07. The molecule has 5 aromatic rings. The van der Waals surface area contributed by atoms with E-state index in [0.29, 0.717) is 0 Å². The standard InChI is InChI=1S/C31H29NO/c1-6-31(7-2)25-11-9-8-10-21(25)23-15-24-22-13-12-18(3)29(27-14-19(4)20(5)17-32-27)30(22)33-28(24)16-26(23)31/h8-17H,6-7H2,1-5H3. The topological polar surface area (TPSA) is 26.0 Å². The molecule has 2 nitrogen and oxygen atoms in total. The fourth-order valence-corrected chi connectivity index (χ4v) is 5.97. The van der Waals surface area contributed by atoms with Crippen LogP contribution in [0.3, 0.4) is 0 Å². The van der Waals surface area contributed by atoms with E-state index in [1.807, 2.05) is 6.20 Å². The molecule has 6 rings (SSSR count). The van der Waals surface area contributed by atoms with Crippen molar-refractivity contribution in [2.75, 3.05) is 0 Å². The van der Waals surface area contributed by atoms with Crippen LogP contribution in [0.2, 0.25) is 0 Å². The molecule has 1 aliphatic carbocycles. The van der Waals surface area contributed by atoms with Gasteiger partial charge in [-0.2, -0.15) is 0 Å². The van der Waals surface area contributed by atoms with Crippen molar-refractivity contribution < 1.29 is 4.42 Å². The van der Waals surface area contributed by atoms with Crippen LogP contribution >= 0.6 is 0 Å². The zero-order chi connectivity index (χ0) is 22.9. The van der Waals surface area contributed by atoms with Crippen molar-refractivity contribution in [1.29, 1.82) is 0 Å². The Morgan fingerprint density at radius 3 is 2.30 bits per heavy atom. The molecule has 1 aliphatic rings. The molecule has 0 bridgehead atoms. The summed E-state index contributed by atoms with van der Waals surface area (Å²) in [5.41, 5.74) is 13.3. The highest BCUT2D eigenvalue weighted by Crippen LogP contribution is 2.54. The Kier molecular flexibility index (Phi) is 4.32. The van der Waals surface area contributed by atoms with Gasteiger partial charge in [0.15, 0.2) is 0 Å². The van der Waals surface area contributed by atoms with E-state index in [1.165, 1.54) is 44.3 Å². The van der Waals surface area contributed by atoms with Crippen molar-refractivity contribution in [3.63, 3.8) is 0 Å². The number of hydrogen-bond acceptors (Lipinski definition) is 2. The zero-order valence-corrected chi connectivity index (χ0v) is 20.0. The lowest BCUT2D eigenvalue weighted by atomic mass is 9.74. The maximum atomic E-state index is 6.66. The maximum absolute atomic E-state index is 6.66. The Hall–Kier alpha value is -3.39. The van der Waals surface area contributed by atoms with Gasteiger partial charge in [0.2, 0.25) is 0 Å². The van der Waals surface area contributed by atoms with E-state index < -0.39 is 0 Å². The Morgan fingerprint density at radius 2 is 1.55 bits per heavy atom. The lowest BCUT2D eigenvalue weighted by molar-refractivity contribution is 0.490. The Morgan fingerprint density at radius 1 is 0.758 bits per heavy atom. The van der Waals surface area contributed by atoms with Gasteiger partial charge in [0.1, 0.15) is 11.2 Å². The minimum absolute atomic E-state index is 0.0491. The van der Waals surface area contributed by atoms with Crippen LogP contribution in [0.4, 0.5) is 0 Å². The van der Waals surface area contributed by atoms with Crippen LogP contribution in [-0.2, 0) is 5.41 Å². The molecular weight excluding hydrogens is 402 g/mol. The Balaban J connectivity index is 1.68. The lowest BCUT2D eigenvalue weighted by Crippen LogP contribution is -2.22. The van der Waals surface area contributed by atoms with Gasteiger partial charge in [-0.3, -0.25) is 4.98 Å². The number of aromatic nitrogens is 1. The molecule has 0 saturated carbocycles. The van der Waals surface area contributed by atoms with E-state index in [0.717, 1.165) is 40.7 Å². The number of pyridine rings is 1. The molecule has 2 heterocycles. The molecule has 2 aromatic heterocycles. The quantitative estimate of drug-likeness (QED) is 0.286. The molecule has 0 radical (unpaired) electrons. The number of nitrogens with zero attached hydrogens (tertiary/aromatic N) is 1. The van der Waals surface area contributed by atoms with Gasteiger partial charge in [-0.25, -0.2) is 0 Å². The number of benzene rings is 3. The first-order valence-electron chi connectivity index (χ1n) is 12.0. The second-order valence-electron chi connectivity index (χ2n) is 9.62. The average Bonchev–Trinajstić information content (AvgIpc) is 3.32. The first-order valence-corrected chi connectivity index (χ1v) is 12.0. The molecule has 2 heteroatoms. The number of hydrogen-bond donors (Lipinski definition) is 0. The zero-order valence-electron chi connectivity index (χ0n) is 20.0. The Labute approximate surface area is 195 Å². The molecule has 0 atom stereocenters. The second kappa shape index (κ2) is 7.05. The second-order valence-corrected chi connectivity index (χ2v) is 9.62. The smallest absolute Gasteiger partial charge is 0.145 e. The van der Waals surface area contributed by atoms with Crippen molar-refractivity contribution in [2.24, 2.45) is 0 Å². The molecule has 0 aliphatic heterocycles. The first kappa shape index (κ1) is 20.2. The van der Waals surface area contributed by atoms with Crippen molar-refractivity contribution in [1.82, 2.24) is 4.98 Å². The van der Waals surface area contributed by atoms with E-state index in [1.54, 1.807) is 0 Å². The third kappa shape index (κ3) is 2.64. The molecule has 33 heavy (non-hydrogen) atoms. The summed E-state index contributed by atoms with van der Waals surface area (Å²) in [7, 11) is 0.